The van der Waals surface area contributed by atoms with Crippen LogP contribution in [0.15, 0.2) is 0 Å². The Kier molecular flexibility index (Phi) is 14.1. The number of hydrogen-bond donors (Lipinski definition) is 1. The summed E-state index contributed by atoms with van der Waals surface area (Å²) < 4.78 is 5.40. The van der Waals surface area contributed by atoms with Gasteiger partial charge in [0.2, 0.25) is 0 Å². The Morgan fingerprint density at radius 2 is 1.41 bits per heavy atom. The van der Waals surface area contributed by atoms with Crippen LogP contribution in [0, 0.1) is 0 Å². The second-order valence-corrected chi connectivity index (χ2v) is 6.06. The first-order valence-electron chi connectivity index (χ1n) is 9.01. The van der Waals surface area contributed by atoms with Crippen molar-refractivity contribution in [2.45, 2.75) is 103 Å². The number of esters is 1. The highest BCUT2D eigenvalue weighted by Gasteiger charge is 2.14. The average Bonchev–Trinajstić information content (AvgIpc) is 2.48. The van der Waals surface area contributed by atoms with Crippen molar-refractivity contribution < 1.29 is 19.4 Å². The normalized spacial score (nSPS) is 12.1. The Morgan fingerprint density at radius 3 is 1.95 bits per heavy atom. The van der Waals surface area contributed by atoms with Gasteiger partial charge in [0.25, 0.3) is 0 Å². The maximum absolute atomic E-state index is 11.6. The number of aliphatic carboxylic acids is 1. The van der Waals surface area contributed by atoms with Crippen LogP contribution in [0.4, 0.5) is 0 Å². The van der Waals surface area contributed by atoms with E-state index in [4.69, 9.17) is 9.84 Å². The van der Waals surface area contributed by atoms with E-state index in [2.05, 4.69) is 13.8 Å². The molecule has 0 aliphatic heterocycles. The molecule has 0 aromatic carbocycles. The molecule has 22 heavy (non-hydrogen) atoms. The number of carbonyl (C=O) groups is 2. The summed E-state index contributed by atoms with van der Waals surface area (Å²) in [5.74, 6) is -1.33. The molecule has 4 heteroatoms. The van der Waals surface area contributed by atoms with Crippen molar-refractivity contribution in [1.29, 1.82) is 0 Å². The maximum atomic E-state index is 11.6. The third kappa shape index (κ3) is 13.9. The van der Waals surface area contributed by atoms with Crippen LogP contribution in [0.1, 0.15) is 97.3 Å². The molecule has 1 N–H and O–H groups in total. The fourth-order valence-corrected chi connectivity index (χ4v) is 2.54. The Labute approximate surface area is 135 Å². The Hall–Kier alpha value is -1.06. The summed E-state index contributed by atoms with van der Waals surface area (Å²) in [5.41, 5.74) is 0. The minimum absolute atomic E-state index is 0.0209. The molecule has 0 aromatic rings. The van der Waals surface area contributed by atoms with Crippen molar-refractivity contribution >= 4 is 11.9 Å². The topological polar surface area (TPSA) is 63.6 Å². The maximum Gasteiger partial charge on any atom is 0.306 e. The van der Waals surface area contributed by atoms with Crippen LogP contribution in [0.2, 0.25) is 0 Å². The summed E-state index contributed by atoms with van der Waals surface area (Å²) in [6.07, 6.45) is 12.7. The molecule has 0 rings (SSSR count). The number of rotatable bonds is 15. The van der Waals surface area contributed by atoms with Gasteiger partial charge in [-0.15, -0.1) is 0 Å². The third-order valence-corrected chi connectivity index (χ3v) is 3.83. The molecule has 0 bridgehead atoms. The minimum Gasteiger partial charge on any atom is -0.481 e. The van der Waals surface area contributed by atoms with Crippen molar-refractivity contribution in [1.82, 2.24) is 0 Å². The molecule has 130 valence electrons. The Balaban J connectivity index is 3.71. The SMILES string of the molecule is CCCCCCCCCCC(CCC)OC(=O)CCC(=O)O. The van der Waals surface area contributed by atoms with Crippen LogP contribution in [0.3, 0.4) is 0 Å². The van der Waals surface area contributed by atoms with E-state index in [-0.39, 0.29) is 24.9 Å². The lowest BCUT2D eigenvalue weighted by Gasteiger charge is -2.17. The summed E-state index contributed by atoms with van der Waals surface area (Å²) in [7, 11) is 0. The first-order valence-corrected chi connectivity index (χ1v) is 9.01. The van der Waals surface area contributed by atoms with Gasteiger partial charge < -0.3 is 9.84 Å². The van der Waals surface area contributed by atoms with E-state index >= 15 is 0 Å². The minimum atomic E-state index is -0.952. The standard InChI is InChI=1S/C18H34O4/c1-3-5-6-7-8-9-10-11-13-16(12-4-2)22-18(21)15-14-17(19)20/h16H,3-15H2,1-2H3,(H,19,20). The van der Waals surface area contributed by atoms with Crippen LogP contribution in [-0.2, 0) is 14.3 Å². The van der Waals surface area contributed by atoms with Crippen LogP contribution in [-0.4, -0.2) is 23.1 Å². The van der Waals surface area contributed by atoms with Crippen molar-refractivity contribution in [3.05, 3.63) is 0 Å². The van der Waals surface area contributed by atoms with Gasteiger partial charge in [-0.25, -0.2) is 0 Å². The average molecular weight is 314 g/mol. The molecular formula is C18H34O4. The van der Waals surface area contributed by atoms with Gasteiger partial charge in [-0.2, -0.15) is 0 Å². The molecule has 1 unspecified atom stereocenters. The fraction of sp³-hybridized carbons (Fsp3) is 0.889. The highest BCUT2D eigenvalue weighted by molar-refractivity contribution is 5.76. The van der Waals surface area contributed by atoms with E-state index in [9.17, 15) is 9.59 Å². The van der Waals surface area contributed by atoms with Crippen LogP contribution in [0.25, 0.3) is 0 Å². The molecule has 0 amide bonds. The second kappa shape index (κ2) is 14.9. The molecule has 0 saturated heterocycles. The lowest BCUT2D eigenvalue weighted by atomic mass is 10.0. The lowest BCUT2D eigenvalue weighted by molar-refractivity contribution is -0.152. The van der Waals surface area contributed by atoms with Gasteiger partial charge in [0, 0.05) is 0 Å². The predicted octanol–water partition coefficient (Wildman–Crippen LogP) is 5.09. The molecule has 0 radical (unpaired) electrons. The number of ether oxygens (including phenoxy) is 1. The highest BCUT2D eigenvalue weighted by Crippen LogP contribution is 2.15. The largest absolute Gasteiger partial charge is 0.481 e. The number of hydrogen-bond acceptors (Lipinski definition) is 3. The number of carbonyl (C=O) groups excluding carboxylic acids is 1. The zero-order valence-electron chi connectivity index (χ0n) is 14.4. The van der Waals surface area contributed by atoms with Crippen LogP contribution >= 0.6 is 0 Å². The van der Waals surface area contributed by atoms with E-state index in [1.54, 1.807) is 0 Å². The summed E-state index contributed by atoms with van der Waals surface area (Å²) >= 11 is 0. The highest BCUT2D eigenvalue weighted by atomic mass is 16.5. The zero-order chi connectivity index (χ0) is 16.6. The van der Waals surface area contributed by atoms with Crippen molar-refractivity contribution in [2.24, 2.45) is 0 Å². The quantitative estimate of drug-likeness (QED) is 0.337. The fourth-order valence-electron chi connectivity index (χ4n) is 2.54. The molecule has 1 atom stereocenters. The van der Waals surface area contributed by atoms with Gasteiger partial charge in [-0.05, 0) is 19.3 Å². The molecule has 0 aliphatic rings. The van der Waals surface area contributed by atoms with E-state index in [0.29, 0.717) is 0 Å². The molecule has 0 heterocycles. The van der Waals surface area contributed by atoms with Gasteiger partial charge in [0.1, 0.15) is 6.10 Å². The van der Waals surface area contributed by atoms with Gasteiger partial charge in [0.05, 0.1) is 12.8 Å². The van der Waals surface area contributed by atoms with Gasteiger partial charge in [0.15, 0.2) is 0 Å². The van der Waals surface area contributed by atoms with Crippen molar-refractivity contribution in [3.63, 3.8) is 0 Å². The first-order chi connectivity index (χ1) is 10.6. The smallest absolute Gasteiger partial charge is 0.306 e. The third-order valence-electron chi connectivity index (χ3n) is 3.83. The summed E-state index contributed by atoms with van der Waals surface area (Å²) in [6, 6.07) is 0. The van der Waals surface area contributed by atoms with Gasteiger partial charge >= 0.3 is 11.9 Å². The molecule has 0 saturated carbocycles. The van der Waals surface area contributed by atoms with Crippen molar-refractivity contribution in [3.8, 4) is 0 Å². The van der Waals surface area contributed by atoms with E-state index in [1.807, 2.05) is 0 Å². The zero-order valence-corrected chi connectivity index (χ0v) is 14.4. The second-order valence-electron chi connectivity index (χ2n) is 6.06. The number of carboxylic acids is 1. The molecule has 0 spiro atoms. The van der Waals surface area contributed by atoms with Crippen LogP contribution in [0.5, 0.6) is 0 Å². The van der Waals surface area contributed by atoms with Crippen molar-refractivity contribution in [2.75, 3.05) is 0 Å². The van der Waals surface area contributed by atoms with E-state index < -0.39 is 5.97 Å². The molecular weight excluding hydrogens is 280 g/mol. The molecule has 0 fully saturated rings. The number of unbranched alkanes of at least 4 members (excludes halogenated alkanes) is 7. The summed E-state index contributed by atoms with van der Waals surface area (Å²) in [4.78, 5) is 22.0. The van der Waals surface area contributed by atoms with Gasteiger partial charge in [-0.3, -0.25) is 9.59 Å². The lowest BCUT2D eigenvalue weighted by Crippen LogP contribution is -2.18. The molecule has 0 aliphatic carbocycles. The Bertz CT molecular complexity index is 289. The first kappa shape index (κ1) is 20.9. The van der Waals surface area contributed by atoms with Crippen LogP contribution < -0.4 is 0 Å². The van der Waals surface area contributed by atoms with Gasteiger partial charge in [-0.1, -0.05) is 65.2 Å². The van der Waals surface area contributed by atoms with E-state index in [1.165, 1.54) is 44.9 Å². The molecule has 4 nitrogen and oxygen atoms in total. The van der Waals surface area contributed by atoms with E-state index in [0.717, 1.165) is 25.7 Å². The molecule has 0 aromatic heterocycles. The monoisotopic (exact) mass is 314 g/mol. The Morgan fingerprint density at radius 1 is 0.818 bits per heavy atom. The predicted molar refractivity (Wildman–Crippen MR) is 88.9 cm³/mol. The summed E-state index contributed by atoms with van der Waals surface area (Å²) in [5, 5.41) is 8.57. The number of carboxylic acid groups (broad SMARTS) is 1. The summed E-state index contributed by atoms with van der Waals surface area (Å²) in [6.45, 7) is 4.30.